The number of amides is 1. The van der Waals surface area contributed by atoms with Gasteiger partial charge in [-0.1, -0.05) is 42.0 Å². The van der Waals surface area contributed by atoms with Gasteiger partial charge in [-0.15, -0.1) is 0 Å². The van der Waals surface area contributed by atoms with E-state index >= 15 is 0 Å². The summed E-state index contributed by atoms with van der Waals surface area (Å²) in [5, 5.41) is 3.46. The van der Waals surface area contributed by atoms with Gasteiger partial charge in [-0.2, -0.15) is 0 Å². The molecule has 3 N–H and O–H groups in total. The van der Waals surface area contributed by atoms with Gasteiger partial charge in [-0.3, -0.25) is 4.79 Å². The van der Waals surface area contributed by atoms with Gasteiger partial charge in [0.25, 0.3) is 0 Å². The molecule has 3 heteroatoms. The van der Waals surface area contributed by atoms with E-state index in [9.17, 15) is 4.79 Å². The van der Waals surface area contributed by atoms with Gasteiger partial charge >= 0.3 is 0 Å². The number of rotatable bonds is 5. The fraction of sp³-hybridized carbons (Fsp3) is 0.235. The Hall–Kier alpha value is -2.13. The molecule has 0 aliphatic carbocycles. The SMILES string of the molecule is Cc1cccc([C@@H](C)NCc2cccc(C(N)=O)c2)c1. The summed E-state index contributed by atoms with van der Waals surface area (Å²) in [6.45, 7) is 4.93. The average molecular weight is 268 g/mol. The Kier molecular flexibility index (Phi) is 4.53. The van der Waals surface area contributed by atoms with Crippen molar-refractivity contribution < 1.29 is 4.79 Å². The quantitative estimate of drug-likeness (QED) is 0.876. The fourth-order valence-electron chi connectivity index (χ4n) is 2.16. The van der Waals surface area contributed by atoms with Gasteiger partial charge in [0, 0.05) is 18.2 Å². The number of hydrogen-bond acceptors (Lipinski definition) is 2. The van der Waals surface area contributed by atoms with Crippen molar-refractivity contribution in [3.8, 4) is 0 Å². The lowest BCUT2D eigenvalue weighted by atomic mass is 10.1. The number of aryl methyl sites for hydroxylation is 1. The molecule has 0 spiro atoms. The third-order valence-corrected chi connectivity index (χ3v) is 3.37. The maximum absolute atomic E-state index is 11.2. The normalized spacial score (nSPS) is 12.1. The van der Waals surface area contributed by atoms with Crippen molar-refractivity contribution in [2.75, 3.05) is 0 Å². The highest BCUT2D eigenvalue weighted by molar-refractivity contribution is 5.92. The van der Waals surface area contributed by atoms with E-state index in [2.05, 4.69) is 43.4 Å². The van der Waals surface area contributed by atoms with Crippen molar-refractivity contribution in [2.24, 2.45) is 5.73 Å². The Morgan fingerprint density at radius 2 is 1.95 bits per heavy atom. The molecule has 0 saturated heterocycles. The first kappa shape index (κ1) is 14.3. The van der Waals surface area contributed by atoms with Gasteiger partial charge in [-0.05, 0) is 37.1 Å². The molecule has 0 heterocycles. The first-order valence-corrected chi connectivity index (χ1v) is 6.75. The van der Waals surface area contributed by atoms with Crippen molar-refractivity contribution in [1.82, 2.24) is 5.32 Å². The second kappa shape index (κ2) is 6.35. The number of primary amides is 1. The molecule has 0 saturated carbocycles. The van der Waals surface area contributed by atoms with Crippen molar-refractivity contribution >= 4 is 5.91 Å². The van der Waals surface area contributed by atoms with E-state index in [0.717, 1.165) is 5.56 Å². The fourth-order valence-corrected chi connectivity index (χ4v) is 2.16. The van der Waals surface area contributed by atoms with Gasteiger partial charge in [0.15, 0.2) is 0 Å². The van der Waals surface area contributed by atoms with Crippen LogP contribution in [0.4, 0.5) is 0 Å². The summed E-state index contributed by atoms with van der Waals surface area (Å²) in [6, 6.07) is 16.1. The maximum atomic E-state index is 11.2. The lowest BCUT2D eigenvalue weighted by molar-refractivity contribution is 0.1000. The van der Waals surface area contributed by atoms with Crippen LogP contribution in [-0.4, -0.2) is 5.91 Å². The molecular weight excluding hydrogens is 248 g/mol. The minimum absolute atomic E-state index is 0.257. The van der Waals surface area contributed by atoms with Gasteiger partial charge in [0.1, 0.15) is 0 Å². The van der Waals surface area contributed by atoms with Gasteiger partial charge in [0.2, 0.25) is 5.91 Å². The summed E-state index contributed by atoms with van der Waals surface area (Å²) < 4.78 is 0. The zero-order valence-electron chi connectivity index (χ0n) is 11.9. The molecule has 104 valence electrons. The molecule has 0 unspecified atom stereocenters. The minimum atomic E-state index is -0.390. The van der Waals surface area contributed by atoms with Crippen LogP contribution in [0.15, 0.2) is 48.5 Å². The summed E-state index contributed by atoms with van der Waals surface area (Å²) in [7, 11) is 0. The molecule has 0 radical (unpaired) electrons. The Bertz CT molecular complexity index is 607. The Labute approximate surface area is 119 Å². The van der Waals surface area contributed by atoms with Crippen molar-refractivity contribution in [3.05, 3.63) is 70.8 Å². The molecule has 20 heavy (non-hydrogen) atoms. The topological polar surface area (TPSA) is 55.1 Å². The monoisotopic (exact) mass is 268 g/mol. The molecule has 0 aliphatic heterocycles. The lowest BCUT2D eigenvalue weighted by Crippen LogP contribution is -2.18. The van der Waals surface area contributed by atoms with Crippen molar-refractivity contribution in [2.45, 2.75) is 26.4 Å². The standard InChI is InChI=1S/C17H20N2O/c1-12-5-3-7-15(9-12)13(2)19-11-14-6-4-8-16(10-14)17(18)20/h3-10,13,19H,11H2,1-2H3,(H2,18,20)/t13-/m1/s1. The zero-order valence-corrected chi connectivity index (χ0v) is 11.9. The van der Waals surface area contributed by atoms with E-state index in [4.69, 9.17) is 5.73 Å². The zero-order chi connectivity index (χ0) is 14.5. The largest absolute Gasteiger partial charge is 0.366 e. The van der Waals surface area contributed by atoms with Crippen LogP contribution in [0.2, 0.25) is 0 Å². The minimum Gasteiger partial charge on any atom is -0.366 e. The molecular formula is C17H20N2O. The first-order chi connectivity index (χ1) is 9.56. The highest BCUT2D eigenvalue weighted by atomic mass is 16.1. The molecule has 3 nitrogen and oxygen atoms in total. The molecule has 0 fully saturated rings. The third kappa shape index (κ3) is 3.68. The van der Waals surface area contributed by atoms with Crippen LogP contribution in [0.1, 0.15) is 40.0 Å². The van der Waals surface area contributed by atoms with Crippen LogP contribution in [0, 0.1) is 6.92 Å². The second-order valence-corrected chi connectivity index (χ2v) is 5.08. The van der Waals surface area contributed by atoms with Gasteiger partial charge in [0.05, 0.1) is 0 Å². The van der Waals surface area contributed by atoms with Crippen molar-refractivity contribution in [3.63, 3.8) is 0 Å². The summed E-state index contributed by atoms with van der Waals surface area (Å²) in [5.41, 5.74) is 9.41. The molecule has 1 atom stereocenters. The average Bonchev–Trinajstić information content (AvgIpc) is 2.45. The van der Waals surface area contributed by atoms with E-state index in [-0.39, 0.29) is 6.04 Å². The van der Waals surface area contributed by atoms with E-state index in [0.29, 0.717) is 12.1 Å². The summed E-state index contributed by atoms with van der Waals surface area (Å²) in [6.07, 6.45) is 0. The lowest BCUT2D eigenvalue weighted by Gasteiger charge is -2.15. The van der Waals surface area contributed by atoms with Crippen LogP contribution in [0.3, 0.4) is 0 Å². The van der Waals surface area contributed by atoms with E-state index in [1.54, 1.807) is 6.07 Å². The van der Waals surface area contributed by atoms with Crippen LogP contribution in [0.25, 0.3) is 0 Å². The molecule has 2 aromatic rings. The molecule has 2 aromatic carbocycles. The van der Waals surface area contributed by atoms with Gasteiger partial charge < -0.3 is 11.1 Å². The van der Waals surface area contributed by atoms with Crippen LogP contribution in [-0.2, 0) is 6.54 Å². The van der Waals surface area contributed by atoms with E-state index in [1.165, 1.54) is 11.1 Å². The second-order valence-electron chi connectivity index (χ2n) is 5.08. The van der Waals surface area contributed by atoms with Crippen LogP contribution < -0.4 is 11.1 Å². The molecule has 2 rings (SSSR count). The predicted octanol–water partition coefficient (Wildman–Crippen LogP) is 2.94. The number of carbonyl (C=O) groups is 1. The third-order valence-electron chi connectivity index (χ3n) is 3.37. The number of nitrogens with two attached hydrogens (primary N) is 1. The Balaban J connectivity index is 2.01. The molecule has 0 aliphatic rings. The van der Waals surface area contributed by atoms with Crippen LogP contribution in [0.5, 0.6) is 0 Å². The van der Waals surface area contributed by atoms with Crippen LogP contribution >= 0.6 is 0 Å². The number of nitrogens with one attached hydrogen (secondary N) is 1. The summed E-state index contributed by atoms with van der Waals surface area (Å²) >= 11 is 0. The first-order valence-electron chi connectivity index (χ1n) is 6.75. The Morgan fingerprint density at radius 1 is 1.20 bits per heavy atom. The Morgan fingerprint density at radius 3 is 2.65 bits per heavy atom. The highest BCUT2D eigenvalue weighted by Crippen LogP contribution is 2.15. The maximum Gasteiger partial charge on any atom is 0.248 e. The summed E-state index contributed by atoms with van der Waals surface area (Å²) in [4.78, 5) is 11.2. The predicted molar refractivity (Wildman–Crippen MR) is 81.4 cm³/mol. The summed E-state index contributed by atoms with van der Waals surface area (Å²) in [5.74, 6) is -0.390. The molecule has 0 bridgehead atoms. The van der Waals surface area contributed by atoms with Crippen molar-refractivity contribution in [1.29, 1.82) is 0 Å². The number of hydrogen-bond donors (Lipinski definition) is 2. The van der Waals surface area contributed by atoms with E-state index in [1.807, 2.05) is 18.2 Å². The number of benzene rings is 2. The number of carbonyl (C=O) groups excluding carboxylic acids is 1. The molecule has 0 aromatic heterocycles. The smallest absolute Gasteiger partial charge is 0.248 e. The molecule has 1 amide bonds. The van der Waals surface area contributed by atoms with E-state index < -0.39 is 5.91 Å². The van der Waals surface area contributed by atoms with Gasteiger partial charge in [-0.25, -0.2) is 0 Å². The highest BCUT2D eigenvalue weighted by Gasteiger charge is 2.06.